The number of nitrogens with zero attached hydrogens (tertiary/aromatic N) is 1. The normalized spacial score (nSPS) is 20.9. The molecule has 194 valence electrons. The van der Waals surface area contributed by atoms with Crippen LogP contribution in [0.3, 0.4) is 0 Å². The first-order valence-corrected chi connectivity index (χ1v) is 12.3. The highest BCUT2D eigenvalue weighted by Crippen LogP contribution is 2.41. The SMILES string of the molecule is CC(=O)O.CC1COc2cc(O)ccc21.FC(F)(F)c1ccc2c(c1CN1C=C3CCC1C3)CCC2. The minimum atomic E-state index is -4.25. The highest BCUT2D eigenvalue weighted by Gasteiger charge is 2.38. The van der Waals surface area contributed by atoms with Gasteiger partial charge in [-0.15, -0.1) is 0 Å². The quantitative estimate of drug-likeness (QED) is 0.495. The number of hydrogen-bond acceptors (Lipinski definition) is 4. The maximum Gasteiger partial charge on any atom is 0.416 e. The molecule has 2 aromatic rings. The summed E-state index contributed by atoms with van der Waals surface area (Å²) >= 11 is 0. The van der Waals surface area contributed by atoms with Crippen LogP contribution in [0.15, 0.2) is 42.1 Å². The van der Waals surface area contributed by atoms with Crippen molar-refractivity contribution in [1.82, 2.24) is 4.90 Å². The molecule has 4 aliphatic rings. The van der Waals surface area contributed by atoms with Gasteiger partial charge in [-0.05, 0) is 73.5 Å². The standard InChI is InChI=1S/C17H18F3N.C9H10O2.C2H4O2/c18-17(19,20)16-7-5-12-2-1-3-14(12)15(16)10-21-9-11-4-6-13(21)8-11;1-6-5-11-9-4-7(10)2-3-8(6)9;1-2(3)4/h5,7,9,13H,1-4,6,8,10H2;2-4,6,10H,5H2,1H3;1H3,(H,3,4). The molecule has 2 aromatic carbocycles. The van der Waals surface area contributed by atoms with Gasteiger partial charge in [-0.25, -0.2) is 0 Å². The Bertz CT molecular complexity index is 1150. The number of aliphatic carboxylic acids is 1. The Hall–Kier alpha value is -3.16. The zero-order chi connectivity index (χ0) is 26.0. The number of carbonyl (C=O) groups is 1. The zero-order valence-corrected chi connectivity index (χ0v) is 20.6. The molecule has 2 aliphatic carbocycles. The fourth-order valence-corrected chi connectivity index (χ4v) is 5.51. The molecule has 8 heteroatoms. The molecule has 0 spiro atoms. The molecule has 1 saturated carbocycles. The molecular formula is C28H32F3NO4. The first kappa shape index (κ1) is 25.9. The number of phenols is 1. The molecule has 2 atom stereocenters. The number of phenolic OH excluding ortho intramolecular Hbond substituents is 1. The Labute approximate surface area is 209 Å². The molecule has 2 heterocycles. The second kappa shape index (κ2) is 10.4. The smallest absolute Gasteiger partial charge is 0.416 e. The summed E-state index contributed by atoms with van der Waals surface area (Å²) < 4.78 is 45.4. The molecule has 0 radical (unpaired) electrons. The van der Waals surface area contributed by atoms with Gasteiger partial charge < -0.3 is 19.8 Å². The molecule has 36 heavy (non-hydrogen) atoms. The first-order valence-electron chi connectivity index (χ1n) is 12.3. The summed E-state index contributed by atoms with van der Waals surface area (Å²) in [5, 5.41) is 16.5. The number of hydrogen-bond donors (Lipinski definition) is 2. The van der Waals surface area contributed by atoms with Crippen LogP contribution in [0.25, 0.3) is 0 Å². The van der Waals surface area contributed by atoms with Crippen LogP contribution in [-0.2, 0) is 30.4 Å². The molecule has 0 aromatic heterocycles. The van der Waals surface area contributed by atoms with Crippen LogP contribution in [0.5, 0.6) is 11.5 Å². The number of ether oxygens (including phenoxy) is 1. The van der Waals surface area contributed by atoms with E-state index in [1.807, 2.05) is 6.07 Å². The number of alkyl halides is 3. The van der Waals surface area contributed by atoms with E-state index in [9.17, 15) is 13.2 Å². The van der Waals surface area contributed by atoms with Gasteiger partial charge in [-0.1, -0.05) is 24.6 Å². The van der Waals surface area contributed by atoms with Crippen molar-refractivity contribution in [1.29, 1.82) is 0 Å². The topological polar surface area (TPSA) is 70.0 Å². The Morgan fingerprint density at radius 3 is 2.56 bits per heavy atom. The predicted molar refractivity (Wildman–Crippen MR) is 130 cm³/mol. The maximum atomic E-state index is 13.3. The van der Waals surface area contributed by atoms with E-state index >= 15 is 0 Å². The number of rotatable bonds is 2. The lowest BCUT2D eigenvalue weighted by Crippen LogP contribution is -2.27. The molecule has 6 rings (SSSR count). The van der Waals surface area contributed by atoms with Gasteiger partial charge in [0.2, 0.25) is 0 Å². The van der Waals surface area contributed by atoms with E-state index in [-0.39, 0.29) is 5.75 Å². The molecule has 2 bridgehead atoms. The van der Waals surface area contributed by atoms with Crippen LogP contribution in [0.4, 0.5) is 13.2 Å². The van der Waals surface area contributed by atoms with Crippen molar-refractivity contribution in [2.24, 2.45) is 0 Å². The molecule has 0 amide bonds. The molecule has 0 saturated heterocycles. The second-order valence-electron chi connectivity index (χ2n) is 9.89. The average Bonchev–Trinajstić information content (AvgIpc) is 3.58. The van der Waals surface area contributed by atoms with Crippen LogP contribution < -0.4 is 4.74 Å². The third-order valence-electron chi connectivity index (χ3n) is 7.18. The van der Waals surface area contributed by atoms with Gasteiger partial charge in [0.25, 0.3) is 5.97 Å². The van der Waals surface area contributed by atoms with Crippen molar-refractivity contribution in [2.45, 2.75) is 77.1 Å². The molecule has 2 aliphatic heterocycles. The summed E-state index contributed by atoms with van der Waals surface area (Å²) in [5.74, 6) is 0.737. The van der Waals surface area contributed by atoms with E-state index in [2.05, 4.69) is 18.0 Å². The van der Waals surface area contributed by atoms with Crippen molar-refractivity contribution in [3.8, 4) is 11.5 Å². The van der Waals surface area contributed by atoms with E-state index in [4.69, 9.17) is 19.7 Å². The van der Waals surface area contributed by atoms with Gasteiger partial charge in [0.15, 0.2) is 0 Å². The largest absolute Gasteiger partial charge is 0.508 e. The maximum absolute atomic E-state index is 13.3. The fraction of sp³-hybridized carbons (Fsp3) is 0.464. The molecular weight excluding hydrogens is 471 g/mol. The van der Waals surface area contributed by atoms with E-state index < -0.39 is 17.7 Å². The number of halogens is 3. The van der Waals surface area contributed by atoms with Crippen molar-refractivity contribution >= 4 is 5.97 Å². The summed E-state index contributed by atoms with van der Waals surface area (Å²) in [6.07, 6.45) is 3.82. The minimum absolute atomic E-state index is 0.276. The van der Waals surface area contributed by atoms with E-state index in [1.165, 1.54) is 17.2 Å². The lowest BCUT2D eigenvalue weighted by Gasteiger charge is -2.28. The monoisotopic (exact) mass is 503 g/mol. The average molecular weight is 504 g/mol. The molecule has 2 unspecified atom stereocenters. The summed E-state index contributed by atoms with van der Waals surface area (Å²) in [5.41, 5.74) is 4.79. The Morgan fingerprint density at radius 1 is 1.17 bits per heavy atom. The number of benzene rings is 2. The van der Waals surface area contributed by atoms with Gasteiger partial charge in [-0.2, -0.15) is 13.2 Å². The predicted octanol–water partition coefficient (Wildman–Crippen LogP) is 6.43. The number of carboxylic acid groups (broad SMARTS) is 1. The van der Waals surface area contributed by atoms with Gasteiger partial charge in [0, 0.05) is 37.1 Å². The van der Waals surface area contributed by atoms with Gasteiger partial charge >= 0.3 is 6.18 Å². The van der Waals surface area contributed by atoms with Gasteiger partial charge in [0.05, 0.1) is 12.2 Å². The minimum Gasteiger partial charge on any atom is -0.508 e. The summed E-state index contributed by atoms with van der Waals surface area (Å²) in [6.45, 7) is 4.36. The van der Waals surface area contributed by atoms with E-state index in [0.717, 1.165) is 68.9 Å². The van der Waals surface area contributed by atoms with E-state index in [0.29, 0.717) is 24.1 Å². The first-order chi connectivity index (χ1) is 17.0. The van der Waals surface area contributed by atoms with Crippen molar-refractivity contribution in [2.75, 3.05) is 6.61 Å². The van der Waals surface area contributed by atoms with E-state index in [1.54, 1.807) is 18.2 Å². The third-order valence-corrected chi connectivity index (χ3v) is 7.18. The third kappa shape index (κ3) is 5.79. The lowest BCUT2D eigenvalue weighted by molar-refractivity contribution is -0.138. The molecule has 1 fully saturated rings. The summed E-state index contributed by atoms with van der Waals surface area (Å²) in [6, 6.07) is 8.69. The fourth-order valence-electron chi connectivity index (χ4n) is 5.51. The number of aromatic hydroxyl groups is 1. The molecule has 5 nitrogen and oxygen atoms in total. The Morgan fingerprint density at radius 2 is 1.92 bits per heavy atom. The highest BCUT2D eigenvalue weighted by atomic mass is 19.4. The molecule has 2 N–H and O–H groups in total. The lowest BCUT2D eigenvalue weighted by atomic mass is 9.96. The Balaban J connectivity index is 0.000000170. The van der Waals surface area contributed by atoms with Gasteiger partial charge in [0.1, 0.15) is 11.5 Å². The summed E-state index contributed by atoms with van der Waals surface area (Å²) in [7, 11) is 0. The van der Waals surface area contributed by atoms with Gasteiger partial charge in [-0.3, -0.25) is 4.79 Å². The highest BCUT2D eigenvalue weighted by molar-refractivity contribution is 5.63. The zero-order valence-electron chi connectivity index (χ0n) is 20.6. The van der Waals surface area contributed by atoms with Crippen LogP contribution in [0.2, 0.25) is 0 Å². The van der Waals surface area contributed by atoms with Crippen LogP contribution in [0, 0.1) is 0 Å². The number of carboxylic acids is 1. The van der Waals surface area contributed by atoms with Crippen molar-refractivity contribution in [3.63, 3.8) is 0 Å². The Kier molecular flexibility index (Phi) is 7.52. The van der Waals surface area contributed by atoms with Crippen LogP contribution in [0.1, 0.15) is 73.3 Å². The number of aryl methyl sites for hydroxylation is 1. The van der Waals surface area contributed by atoms with Crippen molar-refractivity contribution < 1.29 is 32.9 Å². The number of fused-ring (bicyclic) bond motifs is 4. The van der Waals surface area contributed by atoms with Crippen molar-refractivity contribution in [3.05, 3.63) is 69.9 Å². The van der Waals surface area contributed by atoms with Crippen LogP contribution >= 0.6 is 0 Å². The summed E-state index contributed by atoms with van der Waals surface area (Å²) in [4.78, 5) is 11.1. The van der Waals surface area contributed by atoms with Crippen LogP contribution in [-0.4, -0.2) is 33.7 Å². The second-order valence-corrected chi connectivity index (χ2v) is 9.89.